The molecule has 0 radical (unpaired) electrons. The fraction of sp³-hybridized carbons (Fsp3) is 0.391. The summed E-state index contributed by atoms with van der Waals surface area (Å²) in [6, 6.07) is 17.6. The Morgan fingerprint density at radius 1 is 1.08 bits per heavy atom. The van der Waals surface area contributed by atoms with E-state index in [-0.39, 0.29) is 5.41 Å². The zero-order valence-electron chi connectivity index (χ0n) is 16.3. The molecular formula is C23H29ClN2. The van der Waals surface area contributed by atoms with Gasteiger partial charge in [-0.1, -0.05) is 50.3 Å². The molecule has 0 unspecified atom stereocenters. The number of nitrogens with zero attached hydrogens (tertiary/aromatic N) is 2. The number of anilines is 2. The summed E-state index contributed by atoms with van der Waals surface area (Å²) >= 11 is 5.90. The molecule has 0 atom stereocenters. The van der Waals surface area contributed by atoms with Crippen LogP contribution in [-0.2, 0) is 11.8 Å². The van der Waals surface area contributed by atoms with Crippen molar-refractivity contribution in [2.75, 3.05) is 35.8 Å². The van der Waals surface area contributed by atoms with Gasteiger partial charge in [0.2, 0.25) is 0 Å². The topological polar surface area (TPSA) is 6.48 Å². The standard InChI is InChI=1S/C23H29ClN2/c1-5-26(17-16-24)19-13-10-18(11-14-19)12-15-22-23(2,3)20-8-6-7-9-21(20)25(22)4/h6-11,13-15H,5,12,16-17H2,1-4H3. The van der Waals surface area contributed by atoms with Crippen molar-refractivity contribution in [2.45, 2.75) is 32.6 Å². The maximum absolute atomic E-state index is 5.90. The van der Waals surface area contributed by atoms with Crippen LogP contribution in [0.1, 0.15) is 31.9 Å². The molecule has 26 heavy (non-hydrogen) atoms. The number of hydrogen-bond acceptors (Lipinski definition) is 2. The third-order valence-corrected chi connectivity index (χ3v) is 5.68. The molecular weight excluding hydrogens is 340 g/mol. The first-order valence-electron chi connectivity index (χ1n) is 9.42. The van der Waals surface area contributed by atoms with Crippen LogP contribution in [0.25, 0.3) is 0 Å². The van der Waals surface area contributed by atoms with Crippen LogP contribution in [0.5, 0.6) is 0 Å². The highest BCUT2D eigenvalue weighted by molar-refractivity contribution is 6.18. The molecule has 0 bridgehead atoms. The molecule has 0 amide bonds. The number of rotatable bonds is 6. The third-order valence-electron chi connectivity index (χ3n) is 5.51. The van der Waals surface area contributed by atoms with E-state index in [1.54, 1.807) is 0 Å². The SMILES string of the molecule is CCN(CCCl)c1ccc(CC=C2N(C)c3ccccc3C2(C)C)cc1. The first-order chi connectivity index (χ1) is 12.5. The number of allylic oxidation sites excluding steroid dienone is 2. The average molecular weight is 369 g/mol. The van der Waals surface area contributed by atoms with Crippen molar-refractivity contribution in [3.63, 3.8) is 0 Å². The Kier molecular flexibility index (Phi) is 5.62. The Hall–Kier alpha value is -1.93. The summed E-state index contributed by atoms with van der Waals surface area (Å²) in [5, 5.41) is 0. The molecule has 138 valence electrons. The first kappa shape index (κ1) is 18.8. The highest BCUT2D eigenvalue weighted by Crippen LogP contribution is 2.46. The number of likely N-dealkylation sites (N-methyl/N-ethyl adjacent to an activating group) is 1. The van der Waals surface area contributed by atoms with Crippen LogP contribution in [0, 0.1) is 0 Å². The second-order valence-electron chi connectivity index (χ2n) is 7.43. The predicted octanol–water partition coefficient (Wildman–Crippen LogP) is 5.61. The lowest BCUT2D eigenvalue weighted by molar-refractivity contribution is 0.637. The van der Waals surface area contributed by atoms with Crippen molar-refractivity contribution in [1.29, 1.82) is 0 Å². The lowest BCUT2D eigenvalue weighted by Gasteiger charge is -2.24. The predicted molar refractivity (Wildman–Crippen MR) is 115 cm³/mol. The van der Waals surface area contributed by atoms with Gasteiger partial charge in [0.25, 0.3) is 0 Å². The van der Waals surface area contributed by atoms with Gasteiger partial charge in [-0.25, -0.2) is 0 Å². The first-order valence-corrected chi connectivity index (χ1v) is 9.96. The summed E-state index contributed by atoms with van der Waals surface area (Å²) in [4.78, 5) is 4.64. The molecule has 1 aliphatic rings. The second kappa shape index (κ2) is 7.75. The molecule has 0 saturated heterocycles. The third kappa shape index (κ3) is 3.48. The van der Waals surface area contributed by atoms with E-state index >= 15 is 0 Å². The van der Waals surface area contributed by atoms with Gasteiger partial charge in [0, 0.05) is 48.5 Å². The molecule has 3 rings (SSSR count). The highest BCUT2D eigenvalue weighted by atomic mass is 35.5. The summed E-state index contributed by atoms with van der Waals surface area (Å²) in [5.74, 6) is 0.656. The minimum Gasteiger partial charge on any atom is -0.371 e. The zero-order valence-corrected chi connectivity index (χ0v) is 17.1. The van der Waals surface area contributed by atoms with Crippen molar-refractivity contribution in [3.8, 4) is 0 Å². The van der Waals surface area contributed by atoms with Gasteiger partial charge in [-0.3, -0.25) is 0 Å². The van der Waals surface area contributed by atoms with Gasteiger partial charge in [0.15, 0.2) is 0 Å². The number of hydrogen-bond donors (Lipinski definition) is 0. The number of alkyl halides is 1. The van der Waals surface area contributed by atoms with Gasteiger partial charge in [-0.05, 0) is 42.7 Å². The van der Waals surface area contributed by atoms with E-state index < -0.39 is 0 Å². The van der Waals surface area contributed by atoms with Crippen molar-refractivity contribution < 1.29 is 0 Å². The number of halogens is 1. The molecule has 0 fully saturated rings. The molecule has 1 heterocycles. The Balaban J connectivity index is 1.78. The normalized spacial score (nSPS) is 16.8. The molecule has 2 aromatic carbocycles. The minimum absolute atomic E-state index is 0.0463. The molecule has 1 aliphatic heterocycles. The summed E-state index contributed by atoms with van der Waals surface area (Å²) < 4.78 is 0. The fourth-order valence-electron chi connectivity index (χ4n) is 4.00. The lowest BCUT2D eigenvalue weighted by Crippen LogP contribution is -2.24. The smallest absolute Gasteiger partial charge is 0.0447 e. The van der Waals surface area contributed by atoms with E-state index in [0.717, 1.165) is 19.5 Å². The maximum Gasteiger partial charge on any atom is 0.0447 e. The number of para-hydroxylation sites is 1. The molecule has 0 N–H and O–H groups in total. The van der Waals surface area contributed by atoms with Gasteiger partial charge in [-0.15, -0.1) is 11.6 Å². The minimum atomic E-state index is 0.0463. The molecule has 0 aromatic heterocycles. The van der Waals surface area contributed by atoms with Crippen molar-refractivity contribution in [2.24, 2.45) is 0 Å². The lowest BCUT2D eigenvalue weighted by atomic mass is 9.83. The number of benzene rings is 2. The van der Waals surface area contributed by atoms with Gasteiger partial charge in [0.1, 0.15) is 0 Å². The zero-order chi connectivity index (χ0) is 18.7. The molecule has 0 saturated carbocycles. The second-order valence-corrected chi connectivity index (χ2v) is 7.81. The Morgan fingerprint density at radius 2 is 1.77 bits per heavy atom. The molecule has 2 nitrogen and oxygen atoms in total. The van der Waals surface area contributed by atoms with Crippen LogP contribution in [0.3, 0.4) is 0 Å². The monoisotopic (exact) mass is 368 g/mol. The summed E-state index contributed by atoms with van der Waals surface area (Å²) in [7, 11) is 2.17. The molecule has 0 spiro atoms. The van der Waals surface area contributed by atoms with E-state index in [4.69, 9.17) is 11.6 Å². The largest absolute Gasteiger partial charge is 0.371 e. The van der Waals surface area contributed by atoms with Crippen molar-refractivity contribution in [3.05, 3.63) is 71.4 Å². The summed E-state index contributed by atoms with van der Waals surface area (Å²) in [6.07, 6.45) is 3.32. The maximum atomic E-state index is 5.90. The average Bonchev–Trinajstić information content (AvgIpc) is 2.85. The Bertz CT molecular complexity index is 777. The van der Waals surface area contributed by atoms with Crippen molar-refractivity contribution in [1.82, 2.24) is 0 Å². The number of fused-ring (bicyclic) bond motifs is 1. The van der Waals surface area contributed by atoms with E-state index in [9.17, 15) is 0 Å². The van der Waals surface area contributed by atoms with Gasteiger partial charge in [-0.2, -0.15) is 0 Å². The quantitative estimate of drug-likeness (QED) is 0.612. The summed E-state index contributed by atoms with van der Waals surface area (Å²) in [5.41, 5.74) is 6.73. The van der Waals surface area contributed by atoms with Crippen LogP contribution in [-0.4, -0.2) is 26.0 Å². The van der Waals surface area contributed by atoms with E-state index in [0.29, 0.717) is 5.88 Å². The molecule has 3 heteroatoms. The van der Waals surface area contributed by atoms with Crippen LogP contribution in [0.2, 0.25) is 0 Å². The molecule has 2 aromatic rings. The van der Waals surface area contributed by atoms with Crippen LogP contribution in [0.4, 0.5) is 11.4 Å². The van der Waals surface area contributed by atoms with Gasteiger partial charge < -0.3 is 9.80 Å². The Labute approximate surface area is 163 Å². The van der Waals surface area contributed by atoms with E-state index in [1.807, 2.05) is 0 Å². The van der Waals surface area contributed by atoms with Gasteiger partial charge in [0.05, 0.1) is 0 Å². The van der Waals surface area contributed by atoms with Crippen molar-refractivity contribution >= 4 is 23.0 Å². The van der Waals surface area contributed by atoms with Crippen LogP contribution >= 0.6 is 11.6 Å². The summed E-state index contributed by atoms with van der Waals surface area (Å²) in [6.45, 7) is 8.66. The van der Waals surface area contributed by atoms with Crippen LogP contribution < -0.4 is 9.80 Å². The van der Waals surface area contributed by atoms with E-state index in [2.05, 4.69) is 92.2 Å². The van der Waals surface area contributed by atoms with Crippen LogP contribution in [0.15, 0.2) is 60.3 Å². The van der Waals surface area contributed by atoms with Gasteiger partial charge >= 0.3 is 0 Å². The fourth-order valence-corrected chi connectivity index (χ4v) is 4.21. The Morgan fingerprint density at radius 3 is 2.38 bits per heavy atom. The molecule has 0 aliphatic carbocycles. The van der Waals surface area contributed by atoms with E-state index in [1.165, 1.54) is 28.2 Å². The highest BCUT2D eigenvalue weighted by Gasteiger charge is 2.37.